The van der Waals surface area contributed by atoms with E-state index >= 15 is 0 Å². The predicted octanol–water partition coefficient (Wildman–Crippen LogP) is 3.76. The molecule has 0 radical (unpaired) electrons. The van der Waals surface area contributed by atoms with Crippen LogP contribution in [0.25, 0.3) is 0 Å². The molecule has 9 nitrogen and oxygen atoms in total. The van der Waals surface area contributed by atoms with Crippen molar-refractivity contribution in [1.82, 2.24) is 14.7 Å². The molecule has 2 aliphatic heterocycles. The first kappa shape index (κ1) is 30.0. The zero-order valence-electron chi connectivity index (χ0n) is 22.7. The van der Waals surface area contributed by atoms with Crippen molar-refractivity contribution >= 4 is 27.7 Å². The molecule has 2 aromatic rings. The third kappa shape index (κ3) is 8.50. The smallest absolute Gasteiger partial charge is 0.262 e. The molecule has 0 bridgehead atoms. The molecular formula is C28H39N3O6S2. The molecule has 0 saturated carbocycles. The van der Waals surface area contributed by atoms with Gasteiger partial charge in [-0.1, -0.05) is 43.8 Å². The van der Waals surface area contributed by atoms with Gasteiger partial charge < -0.3 is 9.47 Å². The van der Waals surface area contributed by atoms with Crippen LogP contribution in [0.1, 0.15) is 33.1 Å². The summed E-state index contributed by atoms with van der Waals surface area (Å²) < 4.78 is 40.4. The van der Waals surface area contributed by atoms with Gasteiger partial charge in [-0.2, -0.15) is 4.31 Å². The molecule has 0 spiro atoms. The second-order valence-corrected chi connectivity index (χ2v) is 13.1. The quantitative estimate of drug-likeness (QED) is 0.381. The van der Waals surface area contributed by atoms with Gasteiger partial charge in [-0.3, -0.25) is 9.69 Å². The fraction of sp³-hybridized carbons (Fsp3) is 0.536. The van der Waals surface area contributed by atoms with Crippen molar-refractivity contribution in [1.29, 1.82) is 0 Å². The van der Waals surface area contributed by atoms with Gasteiger partial charge in [0.05, 0.1) is 18.1 Å². The summed E-state index contributed by atoms with van der Waals surface area (Å²) in [5.41, 5.74) is 2.51. The first-order valence-corrected chi connectivity index (χ1v) is 15.8. The third-order valence-electron chi connectivity index (χ3n) is 6.79. The largest absolute Gasteiger partial charge is 0.379 e. The number of nitrogens with zero attached hydrogens (tertiary/aromatic N) is 2. The Bertz CT molecular complexity index is 1140. The Morgan fingerprint density at radius 2 is 1.74 bits per heavy atom. The van der Waals surface area contributed by atoms with Crippen molar-refractivity contribution in [3.05, 3.63) is 54.6 Å². The van der Waals surface area contributed by atoms with Gasteiger partial charge in [-0.15, -0.1) is 0 Å². The minimum atomic E-state index is -4.01. The summed E-state index contributed by atoms with van der Waals surface area (Å²) in [6.07, 6.45) is 2.06. The number of hydrogen-bond donors (Lipinski definition) is 1. The van der Waals surface area contributed by atoms with Crippen molar-refractivity contribution in [2.75, 3.05) is 46.0 Å². The number of carbonyl (C=O) groups is 1. The molecule has 2 heterocycles. The monoisotopic (exact) mass is 577 g/mol. The van der Waals surface area contributed by atoms with Crippen LogP contribution in [0.3, 0.4) is 0 Å². The van der Waals surface area contributed by atoms with Crippen LogP contribution in [0.15, 0.2) is 69.3 Å². The normalized spacial score (nSPS) is 19.7. The number of rotatable bonds is 12. The second kappa shape index (κ2) is 14.6. The Morgan fingerprint density at radius 3 is 2.38 bits per heavy atom. The number of nitrogens with one attached hydrogen (secondary N) is 1. The Labute approximate surface area is 236 Å². The van der Waals surface area contributed by atoms with E-state index < -0.39 is 28.3 Å². The molecular weight excluding hydrogens is 538 g/mol. The van der Waals surface area contributed by atoms with E-state index in [1.165, 1.54) is 4.31 Å². The average molecular weight is 578 g/mol. The summed E-state index contributed by atoms with van der Waals surface area (Å²) in [6, 6.07) is 15.8. The van der Waals surface area contributed by atoms with Crippen molar-refractivity contribution in [3.8, 4) is 0 Å². The van der Waals surface area contributed by atoms with Crippen LogP contribution in [0.2, 0.25) is 0 Å². The minimum Gasteiger partial charge on any atom is -0.379 e. The molecule has 2 aliphatic rings. The van der Waals surface area contributed by atoms with Gasteiger partial charge in [-0.25, -0.2) is 18.7 Å². The van der Waals surface area contributed by atoms with E-state index in [9.17, 15) is 13.2 Å². The lowest BCUT2D eigenvalue weighted by molar-refractivity contribution is -0.202. The average Bonchev–Trinajstić information content (AvgIpc) is 2.95. The Hall–Kier alpha value is -1.99. The maximum absolute atomic E-state index is 14.1. The summed E-state index contributed by atoms with van der Waals surface area (Å²) in [4.78, 5) is 23.3. The van der Waals surface area contributed by atoms with Crippen molar-refractivity contribution in [2.24, 2.45) is 5.92 Å². The molecule has 11 heteroatoms. The minimum absolute atomic E-state index is 0.150. The van der Waals surface area contributed by atoms with Gasteiger partial charge in [0.15, 0.2) is 6.29 Å². The zero-order valence-corrected chi connectivity index (χ0v) is 24.3. The molecule has 1 amide bonds. The summed E-state index contributed by atoms with van der Waals surface area (Å²) in [5, 5.41) is 0. The van der Waals surface area contributed by atoms with Crippen LogP contribution in [0.4, 0.5) is 0 Å². The van der Waals surface area contributed by atoms with E-state index in [2.05, 4.69) is 10.4 Å². The fourth-order valence-electron chi connectivity index (χ4n) is 4.67. The van der Waals surface area contributed by atoms with Gasteiger partial charge in [0, 0.05) is 49.0 Å². The summed E-state index contributed by atoms with van der Waals surface area (Å²) in [6.45, 7) is 7.59. The molecule has 2 aromatic carbocycles. The second-order valence-electron chi connectivity index (χ2n) is 10.0. The Balaban J connectivity index is 1.54. The lowest BCUT2D eigenvalue weighted by atomic mass is 10.0. The third-order valence-corrected chi connectivity index (χ3v) is 9.70. The first-order chi connectivity index (χ1) is 18.8. The molecule has 1 N–H and O–H groups in total. The van der Waals surface area contributed by atoms with Crippen molar-refractivity contribution in [2.45, 2.75) is 60.1 Å². The summed E-state index contributed by atoms with van der Waals surface area (Å²) in [7, 11) is -4.01. The summed E-state index contributed by atoms with van der Waals surface area (Å²) >= 11 is 1.56. The Kier molecular flexibility index (Phi) is 11.2. The standard InChI is InChI=1S/C28H39N3O6S2/c1-22(2)27(28(32)29-37-26-10-6-7-19-36-26)31(16-15-30-17-20-35-21-18-30)39(33,34)25-13-11-24(12-14-25)38-23-8-4-3-5-9-23/h3-5,8-9,11-14,22,26-27H,6-7,10,15-21H2,1-2H3,(H,29,32). The van der Waals surface area contributed by atoms with Gasteiger partial charge >= 0.3 is 0 Å². The highest BCUT2D eigenvalue weighted by Crippen LogP contribution is 2.30. The van der Waals surface area contributed by atoms with Gasteiger partial charge in [-0.05, 0) is 55.2 Å². The molecule has 4 rings (SSSR count). The number of hydrogen-bond acceptors (Lipinski definition) is 8. The van der Waals surface area contributed by atoms with E-state index in [0.29, 0.717) is 32.8 Å². The number of amides is 1. The van der Waals surface area contributed by atoms with Gasteiger partial charge in [0.25, 0.3) is 5.91 Å². The van der Waals surface area contributed by atoms with Crippen molar-refractivity contribution < 1.29 is 27.5 Å². The molecule has 2 saturated heterocycles. The molecule has 2 fully saturated rings. The van der Waals surface area contributed by atoms with Gasteiger partial charge in [0.2, 0.25) is 10.0 Å². The molecule has 0 aliphatic carbocycles. The highest BCUT2D eigenvalue weighted by molar-refractivity contribution is 7.99. The number of ether oxygens (including phenoxy) is 2. The highest BCUT2D eigenvalue weighted by Gasteiger charge is 2.38. The Morgan fingerprint density at radius 1 is 1.05 bits per heavy atom. The summed E-state index contributed by atoms with van der Waals surface area (Å²) in [5.74, 6) is -0.797. The lowest BCUT2D eigenvalue weighted by Crippen LogP contribution is -2.55. The number of morpholine rings is 1. The SMILES string of the molecule is CC(C)C(C(=O)NOC1CCCCO1)N(CCN1CCOCC1)S(=O)(=O)c1ccc(Sc2ccccc2)cc1. The number of benzene rings is 2. The van der Waals surface area contributed by atoms with Crippen LogP contribution >= 0.6 is 11.8 Å². The number of hydroxylamine groups is 1. The lowest BCUT2D eigenvalue weighted by Gasteiger charge is -2.35. The first-order valence-electron chi connectivity index (χ1n) is 13.6. The molecule has 39 heavy (non-hydrogen) atoms. The maximum Gasteiger partial charge on any atom is 0.262 e. The van der Waals surface area contributed by atoms with Crippen LogP contribution in [-0.2, 0) is 29.1 Å². The topological polar surface area (TPSA) is 97.4 Å². The van der Waals surface area contributed by atoms with Crippen LogP contribution in [-0.4, -0.2) is 81.9 Å². The number of carbonyl (C=O) groups excluding carboxylic acids is 1. The zero-order chi connectivity index (χ0) is 27.7. The van der Waals surface area contributed by atoms with Crippen LogP contribution < -0.4 is 5.48 Å². The molecule has 2 atom stereocenters. The molecule has 2 unspecified atom stereocenters. The molecule has 214 valence electrons. The van der Waals surface area contributed by atoms with Crippen molar-refractivity contribution in [3.63, 3.8) is 0 Å². The van der Waals surface area contributed by atoms with Gasteiger partial charge in [0.1, 0.15) is 6.04 Å². The molecule has 0 aromatic heterocycles. The van der Waals surface area contributed by atoms with E-state index in [-0.39, 0.29) is 17.4 Å². The predicted molar refractivity (Wildman–Crippen MR) is 150 cm³/mol. The van der Waals surface area contributed by atoms with E-state index in [0.717, 1.165) is 35.7 Å². The highest BCUT2D eigenvalue weighted by atomic mass is 32.2. The maximum atomic E-state index is 14.1. The fourth-order valence-corrected chi connectivity index (χ4v) is 7.22. The van der Waals surface area contributed by atoms with Crippen LogP contribution in [0, 0.1) is 5.92 Å². The van der Waals surface area contributed by atoms with Crippen LogP contribution in [0.5, 0.6) is 0 Å². The number of sulfonamides is 1. The van der Waals surface area contributed by atoms with E-state index in [1.54, 1.807) is 36.0 Å². The van der Waals surface area contributed by atoms with E-state index in [1.807, 2.05) is 44.2 Å². The van der Waals surface area contributed by atoms with E-state index in [4.69, 9.17) is 14.3 Å².